The van der Waals surface area contributed by atoms with Gasteiger partial charge in [0.2, 0.25) is 0 Å². The van der Waals surface area contributed by atoms with Gasteiger partial charge in [-0.1, -0.05) is 29.0 Å². The fourth-order valence-electron chi connectivity index (χ4n) is 3.51. The lowest BCUT2D eigenvalue weighted by molar-refractivity contribution is 0.0952. The predicted molar refractivity (Wildman–Crippen MR) is 112 cm³/mol. The van der Waals surface area contributed by atoms with E-state index >= 15 is 0 Å². The first-order chi connectivity index (χ1) is 13.9. The third-order valence-electron chi connectivity index (χ3n) is 4.94. The summed E-state index contributed by atoms with van der Waals surface area (Å²) in [5.41, 5.74) is 5.56. The van der Waals surface area contributed by atoms with Crippen LogP contribution in [0.1, 0.15) is 47.1 Å². The molecule has 0 bridgehead atoms. The zero-order valence-corrected chi connectivity index (χ0v) is 17.0. The van der Waals surface area contributed by atoms with Crippen molar-refractivity contribution in [2.75, 3.05) is 0 Å². The molecule has 2 heterocycles. The number of hydrogen-bond acceptors (Lipinski definition) is 4. The summed E-state index contributed by atoms with van der Waals surface area (Å²) in [4.78, 5) is 12.8. The number of benzene rings is 2. The van der Waals surface area contributed by atoms with Gasteiger partial charge >= 0.3 is 0 Å². The SMILES string of the molecule is Cc1ccc(-n2cc(CNC(=O)c3cccc4c3cnn4C(C)C)nn2)c(C)c1. The molecule has 0 aliphatic rings. The Hall–Kier alpha value is -3.48. The maximum atomic E-state index is 12.8. The van der Waals surface area contributed by atoms with Crippen molar-refractivity contribution in [3.63, 3.8) is 0 Å². The van der Waals surface area contributed by atoms with Crippen molar-refractivity contribution in [2.45, 2.75) is 40.3 Å². The van der Waals surface area contributed by atoms with E-state index in [1.54, 1.807) is 10.9 Å². The van der Waals surface area contributed by atoms with Crippen LogP contribution in [0.15, 0.2) is 48.8 Å². The van der Waals surface area contributed by atoms with Gasteiger partial charge in [-0.05, 0) is 51.5 Å². The zero-order chi connectivity index (χ0) is 20.5. The summed E-state index contributed by atoms with van der Waals surface area (Å²) in [5, 5.41) is 16.6. The van der Waals surface area contributed by atoms with Crippen LogP contribution in [-0.4, -0.2) is 30.7 Å². The van der Waals surface area contributed by atoms with E-state index in [1.165, 1.54) is 5.56 Å². The maximum Gasteiger partial charge on any atom is 0.252 e. The Balaban J connectivity index is 1.51. The van der Waals surface area contributed by atoms with Crippen molar-refractivity contribution >= 4 is 16.8 Å². The molecule has 0 saturated carbocycles. The molecule has 1 N–H and O–H groups in total. The average molecular weight is 388 g/mol. The molecule has 0 radical (unpaired) electrons. The molecule has 0 spiro atoms. The number of aromatic nitrogens is 5. The van der Waals surface area contributed by atoms with Crippen LogP contribution in [0.4, 0.5) is 0 Å². The second-order valence-corrected chi connectivity index (χ2v) is 7.55. The van der Waals surface area contributed by atoms with Crippen molar-refractivity contribution in [2.24, 2.45) is 0 Å². The molecular formula is C22H24N6O. The van der Waals surface area contributed by atoms with Gasteiger partial charge in [-0.25, -0.2) is 4.68 Å². The van der Waals surface area contributed by atoms with Crippen molar-refractivity contribution in [1.29, 1.82) is 0 Å². The molecule has 148 valence electrons. The van der Waals surface area contributed by atoms with E-state index in [4.69, 9.17) is 0 Å². The Labute approximate surface area is 169 Å². The van der Waals surface area contributed by atoms with E-state index in [-0.39, 0.29) is 11.9 Å². The smallest absolute Gasteiger partial charge is 0.252 e. The number of carbonyl (C=O) groups excluding carboxylic acids is 1. The van der Waals surface area contributed by atoms with Crippen LogP contribution in [-0.2, 0) is 6.54 Å². The highest BCUT2D eigenvalue weighted by Crippen LogP contribution is 2.21. The van der Waals surface area contributed by atoms with E-state index in [9.17, 15) is 4.79 Å². The van der Waals surface area contributed by atoms with Crippen molar-refractivity contribution in [1.82, 2.24) is 30.1 Å². The average Bonchev–Trinajstić information content (AvgIpc) is 3.33. The van der Waals surface area contributed by atoms with Gasteiger partial charge in [0.05, 0.1) is 35.7 Å². The molecule has 7 nitrogen and oxygen atoms in total. The molecule has 2 aromatic carbocycles. The molecule has 1 amide bonds. The van der Waals surface area contributed by atoms with E-state index in [2.05, 4.69) is 47.6 Å². The molecule has 2 aromatic heterocycles. The highest BCUT2D eigenvalue weighted by atomic mass is 16.1. The molecule has 4 aromatic rings. The summed E-state index contributed by atoms with van der Waals surface area (Å²) in [6, 6.07) is 12.1. The third kappa shape index (κ3) is 3.63. The summed E-state index contributed by atoms with van der Waals surface area (Å²) in [7, 11) is 0. The van der Waals surface area contributed by atoms with E-state index in [0.29, 0.717) is 17.8 Å². The standard InChI is InChI=1S/C22H24N6O/c1-14(2)28-21-7-5-6-18(19(21)12-24-28)22(29)23-11-17-13-27(26-25-17)20-9-8-15(3)10-16(20)4/h5-10,12-14H,11H2,1-4H3,(H,23,29). The minimum atomic E-state index is -0.153. The van der Waals surface area contributed by atoms with E-state index < -0.39 is 0 Å². The molecular weight excluding hydrogens is 364 g/mol. The second kappa shape index (κ2) is 7.50. The number of amides is 1. The van der Waals surface area contributed by atoms with Gasteiger partial charge in [-0.2, -0.15) is 5.10 Å². The monoisotopic (exact) mass is 388 g/mol. The van der Waals surface area contributed by atoms with Crippen LogP contribution < -0.4 is 5.32 Å². The molecule has 0 aliphatic heterocycles. The van der Waals surface area contributed by atoms with Crippen LogP contribution in [0.3, 0.4) is 0 Å². The normalized spacial score (nSPS) is 11.3. The topological polar surface area (TPSA) is 77.6 Å². The van der Waals surface area contributed by atoms with Crippen LogP contribution in [0, 0.1) is 13.8 Å². The van der Waals surface area contributed by atoms with Crippen LogP contribution in [0.2, 0.25) is 0 Å². The largest absolute Gasteiger partial charge is 0.346 e. The Morgan fingerprint density at radius 3 is 2.76 bits per heavy atom. The molecule has 0 atom stereocenters. The zero-order valence-electron chi connectivity index (χ0n) is 17.0. The number of carbonyl (C=O) groups is 1. The fourth-order valence-corrected chi connectivity index (χ4v) is 3.51. The highest BCUT2D eigenvalue weighted by Gasteiger charge is 2.15. The summed E-state index contributed by atoms with van der Waals surface area (Å²) >= 11 is 0. The Morgan fingerprint density at radius 2 is 2.00 bits per heavy atom. The van der Waals surface area contributed by atoms with Gasteiger partial charge in [-0.15, -0.1) is 5.10 Å². The van der Waals surface area contributed by atoms with E-state index in [1.807, 2.05) is 48.1 Å². The minimum absolute atomic E-state index is 0.153. The molecule has 7 heteroatoms. The van der Waals surface area contributed by atoms with Crippen LogP contribution in [0.5, 0.6) is 0 Å². The number of hydrogen-bond donors (Lipinski definition) is 1. The van der Waals surface area contributed by atoms with Gasteiger partial charge < -0.3 is 5.32 Å². The van der Waals surface area contributed by atoms with Gasteiger partial charge in [0.15, 0.2) is 0 Å². The molecule has 29 heavy (non-hydrogen) atoms. The molecule has 0 unspecified atom stereocenters. The van der Waals surface area contributed by atoms with Crippen molar-refractivity contribution in [3.05, 3.63) is 71.2 Å². The van der Waals surface area contributed by atoms with Crippen LogP contribution >= 0.6 is 0 Å². The lowest BCUT2D eigenvalue weighted by Gasteiger charge is -2.08. The van der Waals surface area contributed by atoms with Crippen LogP contribution in [0.25, 0.3) is 16.6 Å². The molecule has 4 rings (SSSR count). The van der Waals surface area contributed by atoms with Crippen molar-refractivity contribution in [3.8, 4) is 5.69 Å². The number of nitrogens with one attached hydrogen (secondary N) is 1. The summed E-state index contributed by atoms with van der Waals surface area (Å²) in [5.74, 6) is -0.153. The van der Waals surface area contributed by atoms with Gasteiger partial charge in [-0.3, -0.25) is 9.48 Å². The van der Waals surface area contributed by atoms with Gasteiger partial charge in [0, 0.05) is 11.4 Å². The summed E-state index contributed by atoms with van der Waals surface area (Å²) < 4.78 is 3.66. The predicted octanol–water partition coefficient (Wildman–Crippen LogP) is 3.74. The first-order valence-corrected chi connectivity index (χ1v) is 9.67. The lowest BCUT2D eigenvalue weighted by atomic mass is 10.1. The first-order valence-electron chi connectivity index (χ1n) is 9.67. The highest BCUT2D eigenvalue weighted by molar-refractivity contribution is 6.06. The van der Waals surface area contributed by atoms with Gasteiger partial charge in [0.25, 0.3) is 5.91 Å². The van der Waals surface area contributed by atoms with Gasteiger partial charge in [0.1, 0.15) is 5.69 Å². The third-order valence-corrected chi connectivity index (χ3v) is 4.94. The first kappa shape index (κ1) is 18.9. The number of nitrogens with zero attached hydrogens (tertiary/aromatic N) is 5. The Kier molecular flexibility index (Phi) is 4.88. The Bertz CT molecular complexity index is 1190. The quantitative estimate of drug-likeness (QED) is 0.565. The maximum absolute atomic E-state index is 12.8. The number of aryl methyl sites for hydroxylation is 2. The minimum Gasteiger partial charge on any atom is -0.346 e. The second-order valence-electron chi connectivity index (χ2n) is 7.55. The molecule has 0 saturated heterocycles. The summed E-state index contributed by atoms with van der Waals surface area (Å²) in [6.07, 6.45) is 3.59. The number of rotatable bonds is 5. The molecule has 0 aliphatic carbocycles. The van der Waals surface area contributed by atoms with Crippen molar-refractivity contribution < 1.29 is 4.79 Å². The Morgan fingerprint density at radius 1 is 1.17 bits per heavy atom. The number of fused-ring (bicyclic) bond motifs is 1. The summed E-state index contributed by atoms with van der Waals surface area (Å²) in [6.45, 7) is 8.54. The fraction of sp³-hybridized carbons (Fsp3) is 0.273. The van der Waals surface area contributed by atoms with E-state index in [0.717, 1.165) is 22.2 Å². The lowest BCUT2D eigenvalue weighted by Crippen LogP contribution is -2.23. The molecule has 0 fully saturated rings.